The van der Waals surface area contributed by atoms with Crippen molar-refractivity contribution >= 4 is 11.8 Å². The number of aryl methyl sites for hydroxylation is 1. The van der Waals surface area contributed by atoms with Crippen LogP contribution < -0.4 is 5.32 Å². The molecule has 10 nitrogen and oxygen atoms in total. The number of tetrazole rings is 1. The van der Waals surface area contributed by atoms with Crippen LogP contribution in [-0.2, 0) is 16.1 Å². The molecule has 2 amide bonds. The van der Waals surface area contributed by atoms with Gasteiger partial charge in [0.15, 0.2) is 5.76 Å². The molecule has 190 valence electrons. The highest BCUT2D eigenvalue weighted by molar-refractivity contribution is 5.89. The molecule has 2 saturated carbocycles. The fourth-order valence-electron chi connectivity index (χ4n) is 5.42. The standard InChI is InChI=1S/C26H33N7O3/c1-18-11-12-22(36-18)25-29-31-32(30-25)17-23(34)33(21-9-3-2-4-10-21)24(19-13-15-27-16-14-19)26(35)28-20-7-5-6-8-20/h11-16,20-21,24H,2-10,17H2,1H3,(H,28,35)/t24-/m1/s1. The van der Waals surface area contributed by atoms with Crippen LogP contribution >= 0.6 is 0 Å². The van der Waals surface area contributed by atoms with Crippen LogP contribution in [0.4, 0.5) is 0 Å². The Labute approximate surface area is 210 Å². The lowest BCUT2D eigenvalue weighted by atomic mass is 9.91. The molecular weight excluding hydrogens is 458 g/mol. The Morgan fingerprint density at radius 2 is 1.78 bits per heavy atom. The summed E-state index contributed by atoms with van der Waals surface area (Å²) in [6.45, 7) is 1.73. The van der Waals surface area contributed by atoms with E-state index in [0.29, 0.717) is 11.6 Å². The minimum Gasteiger partial charge on any atom is -0.458 e. The Hall–Kier alpha value is -3.56. The van der Waals surface area contributed by atoms with Crippen LogP contribution in [0.2, 0.25) is 0 Å². The lowest BCUT2D eigenvalue weighted by molar-refractivity contribution is -0.145. The number of rotatable bonds is 8. The topological polar surface area (TPSA) is 119 Å². The quantitative estimate of drug-likeness (QED) is 0.511. The minimum absolute atomic E-state index is 0.0329. The normalized spacial score (nSPS) is 17.7. The molecule has 0 spiro atoms. The fraction of sp³-hybridized carbons (Fsp3) is 0.538. The second kappa shape index (κ2) is 11.0. The van der Waals surface area contributed by atoms with Gasteiger partial charge in [0.2, 0.25) is 17.6 Å². The van der Waals surface area contributed by atoms with E-state index in [-0.39, 0.29) is 30.4 Å². The van der Waals surface area contributed by atoms with E-state index in [1.165, 1.54) is 4.80 Å². The maximum absolute atomic E-state index is 13.9. The van der Waals surface area contributed by atoms with Crippen molar-refractivity contribution in [3.05, 3.63) is 48.0 Å². The molecule has 2 aliphatic carbocycles. The molecule has 5 rings (SSSR count). The molecule has 0 aliphatic heterocycles. The summed E-state index contributed by atoms with van der Waals surface area (Å²) in [5.74, 6) is 1.23. The first-order valence-electron chi connectivity index (χ1n) is 12.9. The largest absolute Gasteiger partial charge is 0.458 e. The van der Waals surface area contributed by atoms with Crippen LogP contribution in [0, 0.1) is 6.92 Å². The summed E-state index contributed by atoms with van der Waals surface area (Å²) in [4.78, 5) is 34.8. The van der Waals surface area contributed by atoms with Crippen molar-refractivity contribution in [1.82, 2.24) is 35.4 Å². The Balaban J connectivity index is 1.43. The highest BCUT2D eigenvalue weighted by Gasteiger charge is 2.38. The van der Waals surface area contributed by atoms with Gasteiger partial charge in [0.05, 0.1) is 0 Å². The first-order valence-corrected chi connectivity index (χ1v) is 12.9. The first kappa shape index (κ1) is 24.1. The van der Waals surface area contributed by atoms with Crippen LogP contribution in [-0.4, -0.2) is 54.0 Å². The van der Waals surface area contributed by atoms with Crippen molar-refractivity contribution in [2.24, 2.45) is 0 Å². The van der Waals surface area contributed by atoms with E-state index in [1.807, 2.05) is 25.1 Å². The number of carbonyl (C=O) groups is 2. The molecular formula is C26H33N7O3. The predicted molar refractivity (Wildman–Crippen MR) is 131 cm³/mol. The molecule has 3 aromatic rings. The van der Waals surface area contributed by atoms with Crippen molar-refractivity contribution < 1.29 is 14.0 Å². The Kier molecular flexibility index (Phi) is 7.39. The molecule has 3 aromatic heterocycles. The molecule has 0 bridgehead atoms. The van der Waals surface area contributed by atoms with E-state index in [1.54, 1.807) is 23.4 Å². The van der Waals surface area contributed by atoms with Gasteiger partial charge in [-0.2, -0.15) is 4.80 Å². The molecule has 0 aromatic carbocycles. The highest BCUT2D eigenvalue weighted by atomic mass is 16.3. The molecule has 36 heavy (non-hydrogen) atoms. The van der Waals surface area contributed by atoms with Gasteiger partial charge in [-0.25, -0.2) is 0 Å². The smallest absolute Gasteiger partial charge is 0.247 e. The number of pyridine rings is 1. The number of hydrogen-bond donors (Lipinski definition) is 1. The van der Waals surface area contributed by atoms with Crippen molar-refractivity contribution in [2.75, 3.05) is 0 Å². The third-order valence-electron chi connectivity index (χ3n) is 7.20. The Morgan fingerprint density at radius 3 is 2.47 bits per heavy atom. The van der Waals surface area contributed by atoms with Gasteiger partial charge in [0.25, 0.3) is 0 Å². The molecule has 0 radical (unpaired) electrons. The molecule has 0 saturated heterocycles. The van der Waals surface area contributed by atoms with Crippen molar-refractivity contribution in [3.63, 3.8) is 0 Å². The summed E-state index contributed by atoms with van der Waals surface area (Å²) in [7, 11) is 0. The van der Waals surface area contributed by atoms with Gasteiger partial charge in [0, 0.05) is 24.5 Å². The van der Waals surface area contributed by atoms with Crippen LogP contribution in [0.15, 0.2) is 41.1 Å². The van der Waals surface area contributed by atoms with Crippen molar-refractivity contribution in [3.8, 4) is 11.6 Å². The maximum atomic E-state index is 13.9. The number of hydrogen-bond acceptors (Lipinski definition) is 7. The lowest BCUT2D eigenvalue weighted by Crippen LogP contribution is -2.51. The number of furan rings is 1. The molecule has 0 unspecified atom stereocenters. The van der Waals surface area contributed by atoms with E-state index in [9.17, 15) is 9.59 Å². The van der Waals surface area contributed by atoms with E-state index in [0.717, 1.165) is 69.1 Å². The number of amides is 2. The average molecular weight is 492 g/mol. The average Bonchev–Trinajstić information content (AvgIpc) is 3.66. The predicted octanol–water partition coefficient (Wildman–Crippen LogP) is 3.60. The van der Waals surface area contributed by atoms with Gasteiger partial charge in [0.1, 0.15) is 18.3 Å². The molecule has 3 heterocycles. The third kappa shape index (κ3) is 5.47. The number of aromatic nitrogens is 5. The summed E-state index contributed by atoms with van der Waals surface area (Å²) in [5.41, 5.74) is 0.762. The van der Waals surface area contributed by atoms with Crippen LogP contribution in [0.5, 0.6) is 0 Å². The maximum Gasteiger partial charge on any atom is 0.247 e. The van der Waals surface area contributed by atoms with Gasteiger partial charge in [-0.3, -0.25) is 14.6 Å². The second-order valence-corrected chi connectivity index (χ2v) is 9.82. The third-order valence-corrected chi connectivity index (χ3v) is 7.20. The fourth-order valence-corrected chi connectivity index (χ4v) is 5.42. The zero-order valence-electron chi connectivity index (χ0n) is 20.7. The molecule has 1 N–H and O–H groups in total. The Bertz CT molecular complexity index is 1160. The van der Waals surface area contributed by atoms with Gasteiger partial charge in [-0.15, -0.1) is 10.2 Å². The molecule has 2 aliphatic rings. The number of carbonyl (C=O) groups excluding carboxylic acids is 2. The van der Waals surface area contributed by atoms with Crippen LogP contribution in [0.25, 0.3) is 11.6 Å². The van der Waals surface area contributed by atoms with E-state index in [4.69, 9.17) is 4.42 Å². The van der Waals surface area contributed by atoms with E-state index in [2.05, 4.69) is 25.7 Å². The van der Waals surface area contributed by atoms with Gasteiger partial charge in [-0.05, 0) is 67.6 Å². The zero-order chi connectivity index (χ0) is 24.9. The van der Waals surface area contributed by atoms with Crippen LogP contribution in [0.3, 0.4) is 0 Å². The summed E-state index contributed by atoms with van der Waals surface area (Å²) < 4.78 is 5.59. The lowest BCUT2D eigenvalue weighted by Gasteiger charge is -2.39. The first-order chi connectivity index (χ1) is 17.6. The number of nitrogens with zero attached hydrogens (tertiary/aromatic N) is 6. The van der Waals surface area contributed by atoms with E-state index >= 15 is 0 Å². The van der Waals surface area contributed by atoms with E-state index < -0.39 is 6.04 Å². The van der Waals surface area contributed by atoms with Gasteiger partial charge < -0.3 is 14.6 Å². The highest BCUT2D eigenvalue weighted by Crippen LogP contribution is 2.32. The summed E-state index contributed by atoms with van der Waals surface area (Å²) in [6.07, 6.45) is 12.5. The van der Waals surface area contributed by atoms with Gasteiger partial charge in [-0.1, -0.05) is 32.1 Å². The van der Waals surface area contributed by atoms with Crippen molar-refractivity contribution in [2.45, 2.75) is 89.4 Å². The Morgan fingerprint density at radius 1 is 1.06 bits per heavy atom. The summed E-state index contributed by atoms with van der Waals surface area (Å²) in [6, 6.07) is 6.64. The monoisotopic (exact) mass is 491 g/mol. The summed E-state index contributed by atoms with van der Waals surface area (Å²) in [5, 5.41) is 15.7. The molecule has 2 fully saturated rings. The summed E-state index contributed by atoms with van der Waals surface area (Å²) >= 11 is 0. The molecule has 1 atom stereocenters. The van der Waals surface area contributed by atoms with Gasteiger partial charge >= 0.3 is 0 Å². The van der Waals surface area contributed by atoms with Crippen molar-refractivity contribution in [1.29, 1.82) is 0 Å². The minimum atomic E-state index is -0.736. The number of nitrogens with one attached hydrogen (secondary N) is 1. The van der Waals surface area contributed by atoms with Crippen LogP contribution in [0.1, 0.15) is 75.2 Å². The molecule has 10 heteroatoms. The SMILES string of the molecule is Cc1ccc(-c2nnn(CC(=O)N(C3CCCCC3)[C@@H](C(=O)NC3CCCC3)c3ccncc3)n2)o1. The second-order valence-electron chi connectivity index (χ2n) is 9.82. The zero-order valence-corrected chi connectivity index (χ0v) is 20.7.